The standard InChI is InChI=1S/C13H7F3N2O/c14-13(15,16)19-12-3-1-10(2-4-12)11-5-9(6-17)7-18-8-11/h1-5,7-8H. The number of benzene rings is 1. The molecule has 0 saturated heterocycles. The zero-order chi connectivity index (χ0) is 13.9. The molecule has 2 aromatic rings. The van der Waals surface area contributed by atoms with Crippen molar-refractivity contribution in [2.75, 3.05) is 0 Å². The largest absolute Gasteiger partial charge is 0.573 e. The van der Waals surface area contributed by atoms with Crippen molar-refractivity contribution < 1.29 is 17.9 Å². The molecule has 0 spiro atoms. The fraction of sp³-hybridized carbons (Fsp3) is 0.0769. The molecular formula is C13H7F3N2O. The number of alkyl halides is 3. The molecule has 6 heteroatoms. The van der Waals surface area contributed by atoms with E-state index in [2.05, 4.69) is 9.72 Å². The van der Waals surface area contributed by atoms with Gasteiger partial charge in [-0.1, -0.05) is 12.1 Å². The number of hydrogen-bond acceptors (Lipinski definition) is 3. The fourth-order valence-corrected chi connectivity index (χ4v) is 1.51. The third-order valence-corrected chi connectivity index (χ3v) is 2.29. The van der Waals surface area contributed by atoms with E-state index in [4.69, 9.17) is 5.26 Å². The molecule has 2 rings (SSSR count). The third kappa shape index (κ3) is 3.45. The normalized spacial score (nSPS) is 10.8. The molecule has 1 aromatic carbocycles. The van der Waals surface area contributed by atoms with Crippen LogP contribution >= 0.6 is 0 Å². The molecule has 0 atom stereocenters. The summed E-state index contributed by atoms with van der Waals surface area (Å²) < 4.78 is 39.8. The van der Waals surface area contributed by atoms with Gasteiger partial charge < -0.3 is 4.74 Å². The maximum absolute atomic E-state index is 12.0. The van der Waals surface area contributed by atoms with Crippen molar-refractivity contribution in [1.82, 2.24) is 4.98 Å². The molecule has 3 nitrogen and oxygen atoms in total. The van der Waals surface area contributed by atoms with E-state index in [1.165, 1.54) is 36.7 Å². The van der Waals surface area contributed by atoms with Gasteiger partial charge in [0.1, 0.15) is 11.8 Å². The van der Waals surface area contributed by atoms with Gasteiger partial charge in [-0.05, 0) is 23.8 Å². The second-order valence-corrected chi connectivity index (χ2v) is 3.65. The van der Waals surface area contributed by atoms with Crippen LogP contribution in [0.15, 0.2) is 42.7 Å². The Hall–Kier alpha value is -2.55. The number of aromatic nitrogens is 1. The monoisotopic (exact) mass is 264 g/mol. The lowest BCUT2D eigenvalue weighted by molar-refractivity contribution is -0.274. The van der Waals surface area contributed by atoms with Crippen LogP contribution in [-0.2, 0) is 0 Å². The Balaban J connectivity index is 2.25. The quantitative estimate of drug-likeness (QED) is 0.833. The minimum absolute atomic E-state index is 0.291. The number of nitriles is 1. The predicted molar refractivity (Wildman–Crippen MR) is 61.1 cm³/mol. The van der Waals surface area contributed by atoms with Gasteiger partial charge in [0.2, 0.25) is 0 Å². The molecule has 0 aliphatic heterocycles. The van der Waals surface area contributed by atoms with Gasteiger partial charge in [-0.2, -0.15) is 5.26 Å². The van der Waals surface area contributed by atoms with Crippen molar-refractivity contribution in [2.24, 2.45) is 0 Å². The maximum atomic E-state index is 12.0. The van der Waals surface area contributed by atoms with Gasteiger partial charge in [0.25, 0.3) is 0 Å². The number of pyridine rings is 1. The van der Waals surface area contributed by atoms with E-state index in [1.54, 1.807) is 6.07 Å². The first-order valence-electron chi connectivity index (χ1n) is 5.19. The molecule has 0 radical (unpaired) electrons. The van der Waals surface area contributed by atoms with Crippen LogP contribution in [-0.4, -0.2) is 11.3 Å². The first kappa shape index (κ1) is 12.9. The van der Waals surface area contributed by atoms with Crippen LogP contribution in [0.5, 0.6) is 5.75 Å². The Morgan fingerprint density at radius 3 is 2.32 bits per heavy atom. The van der Waals surface area contributed by atoms with Gasteiger partial charge in [-0.25, -0.2) is 0 Å². The van der Waals surface area contributed by atoms with E-state index < -0.39 is 6.36 Å². The molecule has 0 bridgehead atoms. The van der Waals surface area contributed by atoms with Crippen LogP contribution in [0.25, 0.3) is 11.1 Å². The van der Waals surface area contributed by atoms with E-state index >= 15 is 0 Å². The van der Waals surface area contributed by atoms with E-state index in [9.17, 15) is 13.2 Å². The van der Waals surface area contributed by atoms with Crippen LogP contribution in [0.1, 0.15) is 5.56 Å². The smallest absolute Gasteiger partial charge is 0.406 e. The number of nitrogens with zero attached hydrogens (tertiary/aromatic N) is 2. The molecule has 0 N–H and O–H groups in total. The van der Waals surface area contributed by atoms with Crippen LogP contribution in [0.2, 0.25) is 0 Å². The Morgan fingerprint density at radius 2 is 1.74 bits per heavy atom. The molecule has 19 heavy (non-hydrogen) atoms. The van der Waals surface area contributed by atoms with Gasteiger partial charge in [0.05, 0.1) is 5.56 Å². The first-order valence-corrected chi connectivity index (χ1v) is 5.19. The summed E-state index contributed by atoms with van der Waals surface area (Å²) >= 11 is 0. The molecule has 0 aliphatic carbocycles. The van der Waals surface area contributed by atoms with Crippen LogP contribution in [0, 0.1) is 11.3 Å². The van der Waals surface area contributed by atoms with Gasteiger partial charge >= 0.3 is 6.36 Å². The molecule has 0 aliphatic rings. The van der Waals surface area contributed by atoms with E-state index in [0.717, 1.165) is 0 Å². The van der Waals surface area contributed by atoms with Crippen LogP contribution < -0.4 is 4.74 Å². The minimum atomic E-state index is -4.70. The lowest BCUT2D eigenvalue weighted by atomic mass is 10.1. The van der Waals surface area contributed by atoms with Gasteiger partial charge in [0, 0.05) is 18.0 Å². The summed E-state index contributed by atoms with van der Waals surface area (Å²) in [5, 5.41) is 8.75. The second kappa shape index (κ2) is 4.98. The first-order chi connectivity index (χ1) is 8.98. The summed E-state index contributed by atoms with van der Waals surface area (Å²) in [7, 11) is 0. The van der Waals surface area contributed by atoms with Crippen LogP contribution in [0.3, 0.4) is 0 Å². The maximum Gasteiger partial charge on any atom is 0.573 e. The van der Waals surface area contributed by atoms with Crippen molar-refractivity contribution in [1.29, 1.82) is 5.26 Å². The highest BCUT2D eigenvalue weighted by atomic mass is 19.4. The zero-order valence-corrected chi connectivity index (χ0v) is 9.48. The SMILES string of the molecule is N#Cc1cncc(-c2ccc(OC(F)(F)F)cc2)c1. The number of hydrogen-bond donors (Lipinski definition) is 0. The molecule has 1 aromatic heterocycles. The average molecular weight is 264 g/mol. The summed E-state index contributed by atoms with van der Waals surface area (Å²) in [6.45, 7) is 0. The fourth-order valence-electron chi connectivity index (χ4n) is 1.51. The topological polar surface area (TPSA) is 45.9 Å². The van der Waals surface area contributed by atoms with Gasteiger partial charge in [0.15, 0.2) is 0 Å². The summed E-state index contributed by atoms with van der Waals surface area (Å²) in [5.74, 6) is -0.291. The Morgan fingerprint density at radius 1 is 1.05 bits per heavy atom. The highest BCUT2D eigenvalue weighted by Crippen LogP contribution is 2.26. The predicted octanol–water partition coefficient (Wildman–Crippen LogP) is 3.52. The summed E-state index contributed by atoms with van der Waals surface area (Å²) in [6.07, 6.45) is -1.77. The van der Waals surface area contributed by atoms with E-state index in [-0.39, 0.29) is 5.75 Å². The molecule has 0 fully saturated rings. The third-order valence-electron chi connectivity index (χ3n) is 2.29. The highest BCUT2D eigenvalue weighted by molar-refractivity contribution is 5.64. The average Bonchev–Trinajstić information content (AvgIpc) is 2.38. The molecule has 0 unspecified atom stereocenters. The molecule has 96 valence electrons. The minimum Gasteiger partial charge on any atom is -0.406 e. The Labute approximate surface area is 106 Å². The van der Waals surface area contributed by atoms with Crippen molar-refractivity contribution in [2.45, 2.75) is 6.36 Å². The summed E-state index contributed by atoms with van der Waals surface area (Å²) in [6, 6.07) is 8.91. The number of halogens is 3. The van der Waals surface area contributed by atoms with Crippen LogP contribution in [0.4, 0.5) is 13.2 Å². The van der Waals surface area contributed by atoms with Crippen molar-refractivity contribution >= 4 is 0 Å². The number of rotatable bonds is 2. The molecular weight excluding hydrogens is 257 g/mol. The summed E-state index contributed by atoms with van der Waals surface area (Å²) in [5.41, 5.74) is 1.69. The van der Waals surface area contributed by atoms with Gasteiger partial charge in [-0.15, -0.1) is 13.2 Å². The lowest BCUT2D eigenvalue weighted by Gasteiger charge is -2.09. The van der Waals surface area contributed by atoms with Gasteiger partial charge in [-0.3, -0.25) is 4.98 Å². The second-order valence-electron chi connectivity index (χ2n) is 3.65. The Bertz CT molecular complexity index is 615. The van der Waals surface area contributed by atoms with E-state index in [0.29, 0.717) is 16.7 Å². The summed E-state index contributed by atoms with van der Waals surface area (Å²) in [4.78, 5) is 3.88. The van der Waals surface area contributed by atoms with Crippen molar-refractivity contribution in [3.63, 3.8) is 0 Å². The van der Waals surface area contributed by atoms with Crippen molar-refractivity contribution in [3.8, 4) is 22.9 Å². The molecule has 0 amide bonds. The zero-order valence-electron chi connectivity index (χ0n) is 9.48. The van der Waals surface area contributed by atoms with Crippen molar-refractivity contribution in [3.05, 3.63) is 48.3 Å². The molecule has 0 saturated carbocycles. The number of ether oxygens (including phenoxy) is 1. The lowest BCUT2D eigenvalue weighted by Crippen LogP contribution is -2.16. The Kier molecular flexibility index (Phi) is 3.38. The highest BCUT2D eigenvalue weighted by Gasteiger charge is 2.30. The molecule has 1 heterocycles. The van der Waals surface area contributed by atoms with E-state index in [1.807, 2.05) is 6.07 Å².